The third-order valence-corrected chi connectivity index (χ3v) is 1.14. The van der Waals surface area contributed by atoms with E-state index in [1.54, 1.807) is 12.1 Å². The summed E-state index contributed by atoms with van der Waals surface area (Å²) >= 11 is 0. The highest BCUT2D eigenvalue weighted by Gasteiger charge is 1.95. The number of hydrogen-bond donors (Lipinski definition) is 1. The van der Waals surface area contributed by atoms with Crippen molar-refractivity contribution in [1.29, 1.82) is 5.41 Å². The van der Waals surface area contributed by atoms with Crippen molar-refractivity contribution in [1.82, 2.24) is 0 Å². The van der Waals surface area contributed by atoms with Crippen LogP contribution in [0.4, 0.5) is 0 Å². The van der Waals surface area contributed by atoms with Gasteiger partial charge in [0, 0.05) is 0 Å². The molecule has 0 amide bonds. The Kier molecular flexibility index (Phi) is 2.49. The van der Waals surface area contributed by atoms with Gasteiger partial charge in [-0.05, 0) is 12.1 Å². The number of hydrogen-bond acceptors (Lipinski definition) is 3. The fraction of sp³-hybridized carbons (Fsp3) is 0.125. The Morgan fingerprint density at radius 3 is 2.45 bits per heavy atom. The molecule has 1 rings (SSSR count). The molecule has 0 saturated heterocycles. The second-order valence-corrected chi connectivity index (χ2v) is 1.91. The molecule has 0 saturated carbocycles. The van der Waals surface area contributed by atoms with Gasteiger partial charge in [-0.25, -0.2) is 5.41 Å². The maximum absolute atomic E-state index is 7.03. The Morgan fingerprint density at radius 1 is 1.27 bits per heavy atom. The molecule has 1 aromatic rings. The molecule has 1 N–H and O–H groups in total. The summed E-state index contributed by atoms with van der Waals surface area (Å²) < 4.78 is 9.44. The molecule has 0 bridgehead atoms. The zero-order chi connectivity index (χ0) is 8.10. The summed E-state index contributed by atoms with van der Waals surface area (Å²) in [7, 11) is 1.39. The van der Waals surface area contributed by atoms with E-state index in [0.29, 0.717) is 5.75 Å². The van der Waals surface area contributed by atoms with Crippen LogP contribution < -0.4 is 4.74 Å². The molecule has 58 valence electrons. The molecular formula is C8H9NO2. The van der Waals surface area contributed by atoms with Crippen LogP contribution in [0, 0.1) is 5.41 Å². The first-order valence-corrected chi connectivity index (χ1v) is 3.18. The monoisotopic (exact) mass is 151 g/mol. The van der Waals surface area contributed by atoms with Crippen LogP contribution >= 0.6 is 0 Å². The van der Waals surface area contributed by atoms with E-state index < -0.39 is 0 Å². The molecule has 0 aromatic heterocycles. The van der Waals surface area contributed by atoms with Crippen molar-refractivity contribution < 1.29 is 9.47 Å². The highest BCUT2D eigenvalue weighted by molar-refractivity contribution is 5.65. The standard InChI is InChI=1S/C8H9NO2/c1-10-8(9)11-7-5-3-2-4-6-7/h2-6,9H,1H3. The molecular weight excluding hydrogens is 142 g/mol. The Balaban J connectivity index is 2.58. The maximum Gasteiger partial charge on any atom is 0.385 e. The Bertz CT molecular complexity index is 233. The zero-order valence-electron chi connectivity index (χ0n) is 6.20. The van der Waals surface area contributed by atoms with E-state index in [0.717, 1.165) is 0 Å². The number of para-hydroxylation sites is 1. The topological polar surface area (TPSA) is 42.3 Å². The largest absolute Gasteiger partial charge is 0.454 e. The quantitative estimate of drug-likeness (QED) is 0.489. The van der Waals surface area contributed by atoms with Crippen LogP contribution in [0.2, 0.25) is 0 Å². The number of benzene rings is 1. The number of rotatable bonds is 1. The molecule has 0 radical (unpaired) electrons. The van der Waals surface area contributed by atoms with Crippen molar-refractivity contribution in [2.24, 2.45) is 0 Å². The van der Waals surface area contributed by atoms with Crippen LogP contribution in [-0.2, 0) is 4.74 Å². The molecule has 0 aliphatic rings. The predicted molar refractivity (Wildman–Crippen MR) is 41.8 cm³/mol. The van der Waals surface area contributed by atoms with Gasteiger partial charge in [-0.2, -0.15) is 0 Å². The molecule has 11 heavy (non-hydrogen) atoms. The van der Waals surface area contributed by atoms with Crippen molar-refractivity contribution >= 4 is 6.08 Å². The lowest BCUT2D eigenvalue weighted by Gasteiger charge is -2.02. The molecule has 0 fully saturated rings. The Hall–Kier alpha value is -1.51. The number of nitrogens with one attached hydrogen (secondary N) is 1. The van der Waals surface area contributed by atoms with Gasteiger partial charge in [0.25, 0.3) is 0 Å². The maximum atomic E-state index is 7.03. The predicted octanol–water partition coefficient (Wildman–Crippen LogP) is 1.65. The fourth-order valence-electron chi connectivity index (χ4n) is 0.637. The van der Waals surface area contributed by atoms with E-state index in [1.807, 2.05) is 18.2 Å². The fourth-order valence-corrected chi connectivity index (χ4v) is 0.637. The SMILES string of the molecule is COC(=N)Oc1ccccc1. The highest BCUT2D eigenvalue weighted by atomic mass is 16.7. The molecule has 3 heteroatoms. The first-order valence-electron chi connectivity index (χ1n) is 3.18. The van der Waals surface area contributed by atoms with Crippen molar-refractivity contribution in [2.75, 3.05) is 7.11 Å². The summed E-state index contributed by atoms with van der Waals surface area (Å²) in [6.45, 7) is 0. The molecule has 1 aromatic carbocycles. The van der Waals surface area contributed by atoms with Crippen molar-refractivity contribution in [3.63, 3.8) is 0 Å². The first-order chi connectivity index (χ1) is 5.33. The molecule has 0 spiro atoms. The average molecular weight is 151 g/mol. The molecule has 0 aliphatic carbocycles. The van der Waals surface area contributed by atoms with Gasteiger partial charge in [-0.15, -0.1) is 0 Å². The van der Waals surface area contributed by atoms with Gasteiger partial charge < -0.3 is 9.47 Å². The molecule has 0 unspecified atom stereocenters. The van der Waals surface area contributed by atoms with E-state index in [-0.39, 0.29) is 6.08 Å². The third kappa shape index (κ3) is 2.29. The molecule has 0 heterocycles. The van der Waals surface area contributed by atoms with Gasteiger partial charge >= 0.3 is 6.08 Å². The van der Waals surface area contributed by atoms with Crippen LogP contribution in [0.5, 0.6) is 5.75 Å². The summed E-state index contributed by atoms with van der Waals surface area (Å²) in [5.41, 5.74) is 0. The van der Waals surface area contributed by atoms with Crippen molar-refractivity contribution in [3.05, 3.63) is 30.3 Å². The molecule has 0 aliphatic heterocycles. The summed E-state index contributed by atoms with van der Waals surface area (Å²) in [6, 6.07) is 9.06. The lowest BCUT2D eigenvalue weighted by molar-refractivity contribution is 0.295. The summed E-state index contributed by atoms with van der Waals surface area (Å²) in [5, 5.41) is 7.03. The van der Waals surface area contributed by atoms with Crippen LogP contribution in [0.1, 0.15) is 0 Å². The summed E-state index contributed by atoms with van der Waals surface area (Å²) in [5.74, 6) is 0.611. The van der Waals surface area contributed by atoms with Gasteiger partial charge in [0.2, 0.25) is 0 Å². The van der Waals surface area contributed by atoms with E-state index in [1.165, 1.54) is 7.11 Å². The smallest absolute Gasteiger partial charge is 0.385 e. The zero-order valence-corrected chi connectivity index (χ0v) is 6.20. The number of methoxy groups -OCH3 is 1. The first kappa shape index (κ1) is 7.60. The van der Waals surface area contributed by atoms with Gasteiger partial charge in [-0.3, -0.25) is 0 Å². The van der Waals surface area contributed by atoms with Gasteiger partial charge in [0.1, 0.15) is 5.75 Å². The minimum Gasteiger partial charge on any atom is -0.454 e. The van der Waals surface area contributed by atoms with Crippen LogP contribution in [0.15, 0.2) is 30.3 Å². The third-order valence-electron chi connectivity index (χ3n) is 1.14. The van der Waals surface area contributed by atoms with Crippen LogP contribution in [0.25, 0.3) is 0 Å². The minimum atomic E-state index is -0.198. The minimum absolute atomic E-state index is 0.198. The van der Waals surface area contributed by atoms with Crippen LogP contribution in [-0.4, -0.2) is 13.2 Å². The molecule has 3 nitrogen and oxygen atoms in total. The normalized spacial score (nSPS) is 8.82. The summed E-state index contributed by atoms with van der Waals surface area (Å²) in [4.78, 5) is 0. The lowest BCUT2D eigenvalue weighted by Crippen LogP contribution is -2.07. The van der Waals surface area contributed by atoms with E-state index in [4.69, 9.17) is 10.1 Å². The lowest BCUT2D eigenvalue weighted by atomic mass is 10.3. The second kappa shape index (κ2) is 3.61. The van der Waals surface area contributed by atoms with E-state index in [2.05, 4.69) is 4.74 Å². The number of ether oxygens (including phenoxy) is 2. The highest BCUT2D eigenvalue weighted by Crippen LogP contribution is 2.07. The van der Waals surface area contributed by atoms with E-state index in [9.17, 15) is 0 Å². The summed E-state index contributed by atoms with van der Waals surface area (Å²) in [6.07, 6.45) is -0.198. The van der Waals surface area contributed by atoms with Gasteiger partial charge in [0.05, 0.1) is 7.11 Å². The average Bonchev–Trinajstić information content (AvgIpc) is 2.06. The Morgan fingerprint density at radius 2 is 1.91 bits per heavy atom. The second-order valence-electron chi connectivity index (χ2n) is 1.91. The molecule has 0 atom stereocenters. The Labute approximate surface area is 65.1 Å². The van der Waals surface area contributed by atoms with E-state index >= 15 is 0 Å². The van der Waals surface area contributed by atoms with Crippen molar-refractivity contribution in [3.8, 4) is 5.75 Å². The van der Waals surface area contributed by atoms with Gasteiger partial charge in [0.15, 0.2) is 0 Å². The van der Waals surface area contributed by atoms with Gasteiger partial charge in [-0.1, -0.05) is 18.2 Å². The van der Waals surface area contributed by atoms with Crippen LogP contribution in [0.3, 0.4) is 0 Å². The van der Waals surface area contributed by atoms with Crippen molar-refractivity contribution in [2.45, 2.75) is 0 Å².